The zero-order valence-corrected chi connectivity index (χ0v) is 14.5. The summed E-state index contributed by atoms with van der Waals surface area (Å²) in [4.78, 5) is 11.2. The Balaban J connectivity index is 2.74. The topological polar surface area (TPSA) is 81.8 Å². The van der Waals surface area contributed by atoms with Crippen molar-refractivity contribution in [3.63, 3.8) is 0 Å². The van der Waals surface area contributed by atoms with Gasteiger partial charge in [0.15, 0.2) is 0 Å². The zero-order chi connectivity index (χ0) is 18.7. The molecule has 2 aromatic carbocycles. The predicted octanol–water partition coefficient (Wildman–Crippen LogP) is 3.97. The summed E-state index contributed by atoms with van der Waals surface area (Å²) < 4.78 is 25.1. The number of anilines is 1. The normalized spacial score (nSPS) is 11.7. The molecule has 0 heterocycles. The Labute approximate surface area is 145 Å². The number of hydrogen-bond acceptors (Lipinski definition) is 4. The van der Waals surface area contributed by atoms with Gasteiger partial charge < -0.3 is 20.3 Å². The first kappa shape index (κ1) is 18.3. The van der Waals surface area contributed by atoms with Crippen molar-refractivity contribution in [1.82, 2.24) is 0 Å². The fourth-order valence-corrected chi connectivity index (χ4v) is 2.51. The monoisotopic (exact) mass is 345 g/mol. The van der Waals surface area contributed by atoms with Gasteiger partial charge in [-0.2, -0.15) is 0 Å². The summed E-state index contributed by atoms with van der Waals surface area (Å²) in [6.45, 7) is 3.20. The van der Waals surface area contributed by atoms with E-state index in [1.54, 1.807) is 31.2 Å². The van der Waals surface area contributed by atoms with E-state index in [0.717, 1.165) is 0 Å². The molecule has 0 unspecified atom stereocenters. The van der Waals surface area contributed by atoms with Crippen molar-refractivity contribution in [2.75, 3.05) is 20.0 Å². The first-order valence-electron chi connectivity index (χ1n) is 7.52. The Bertz CT molecular complexity index is 859. The Kier molecular flexibility index (Phi) is 5.32. The molecule has 0 aromatic heterocycles. The lowest BCUT2D eigenvalue weighted by atomic mass is 9.96. The quantitative estimate of drug-likeness (QED) is 0.633. The molecule has 0 saturated carbocycles. The Hall–Kier alpha value is -3.02. The van der Waals surface area contributed by atoms with E-state index in [0.29, 0.717) is 39.4 Å². The number of nitrogens with two attached hydrogens (primary N) is 1. The number of hydrogen-bond donors (Lipinski definition) is 2. The van der Waals surface area contributed by atoms with Crippen LogP contribution in [0.1, 0.15) is 19.4 Å². The van der Waals surface area contributed by atoms with Gasteiger partial charge >= 0.3 is 5.97 Å². The molecule has 0 aliphatic carbocycles. The van der Waals surface area contributed by atoms with Gasteiger partial charge in [-0.15, -0.1) is 0 Å². The summed E-state index contributed by atoms with van der Waals surface area (Å²) in [5.74, 6) is -0.684. The molecular formula is C19H20FNO4. The molecule has 6 heteroatoms. The third kappa shape index (κ3) is 3.57. The Morgan fingerprint density at radius 3 is 2.20 bits per heavy atom. The second-order valence-electron chi connectivity index (χ2n) is 5.55. The number of methoxy groups -OCH3 is 2. The van der Waals surface area contributed by atoms with Gasteiger partial charge in [0, 0.05) is 28.0 Å². The van der Waals surface area contributed by atoms with Gasteiger partial charge in [-0.1, -0.05) is 0 Å². The highest BCUT2D eigenvalue weighted by Gasteiger charge is 2.18. The van der Waals surface area contributed by atoms with Crippen LogP contribution in [-0.2, 0) is 4.79 Å². The van der Waals surface area contributed by atoms with E-state index in [1.807, 2.05) is 0 Å². The second kappa shape index (κ2) is 7.25. The SMILES string of the molecule is COc1cc(-c2ccc(N)cc2F)c(OC)cc1C(C)=C(C)C(=O)O. The van der Waals surface area contributed by atoms with Gasteiger partial charge in [0.1, 0.15) is 17.3 Å². The molecule has 0 saturated heterocycles. The molecule has 0 atom stereocenters. The number of aliphatic carboxylic acids is 1. The molecule has 5 nitrogen and oxygen atoms in total. The smallest absolute Gasteiger partial charge is 0.331 e. The van der Waals surface area contributed by atoms with Crippen LogP contribution in [0.4, 0.5) is 10.1 Å². The van der Waals surface area contributed by atoms with Gasteiger partial charge in [0.25, 0.3) is 0 Å². The van der Waals surface area contributed by atoms with Crippen molar-refractivity contribution >= 4 is 17.2 Å². The van der Waals surface area contributed by atoms with Crippen LogP contribution >= 0.6 is 0 Å². The standard InChI is InChI=1S/C19H20FNO4/c1-10(11(2)19(22)23)14-8-18(25-4)15(9-17(14)24-3)13-6-5-12(21)7-16(13)20/h5-9H,21H2,1-4H3,(H,22,23). The van der Waals surface area contributed by atoms with Crippen LogP contribution in [0.15, 0.2) is 35.9 Å². The molecule has 132 valence electrons. The molecule has 0 radical (unpaired) electrons. The zero-order valence-electron chi connectivity index (χ0n) is 14.5. The van der Waals surface area contributed by atoms with Gasteiger partial charge in [-0.05, 0) is 49.8 Å². The highest BCUT2D eigenvalue weighted by atomic mass is 19.1. The van der Waals surface area contributed by atoms with Crippen molar-refractivity contribution in [2.45, 2.75) is 13.8 Å². The van der Waals surface area contributed by atoms with E-state index in [1.165, 1.54) is 27.2 Å². The molecule has 2 rings (SSSR count). The van der Waals surface area contributed by atoms with Crippen molar-refractivity contribution < 1.29 is 23.8 Å². The number of carbonyl (C=O) groups is 1. The number of rotatable bonds is 5. The van der Waals surface area contributed by atoms with Gasteiger partial charge in [0.2, 0.25) is 0 Å². The molecule has 3 N–H and O–H groups in total. The number of nitrogen functional groups attached to an aromatic ring is 1. The number of carboxylic acid groups (broad SMARTS) is 1. The number of benzene rings is 2. The summed E-state index contributed by atoms with van der Waals surface area (Å²) in [6.07, 6.45) is 0. The molecule has 0 spiro atoms. The molecule has 0 aliphatic heterocycles. The van der Waals surface area contributed by atoms with Crippen LogP contribution in [0.2, 0.25) is 0 Å². The maximum atomic E-state index is 14.3. The minimum absolute atomic E-state index is 0.187. The summed E-state index contributed by atoms with van der Waals surface area (Å²) in [6, 6.07) is 7.66. The van der Waals surface area contributed by atoms with Gasteiger partial charge in [0.05, 0.1) is 14.2 Å². The fraction of sp³-hybridized carbons (Fsp3) is 0.211. The lowest BCUT2D eigenvalue weighted by molar-refractivity contribution is -0.132. The van der Waals surface area contributed by atoms with Crippen molar-refractivity contribution in [1.29, 1.82) is 0 Å². The summed E-state index contributed by atoms with van der Waals surface area (Å²) in [7, 11) is 2.94. The lowest BCUT2D eigenvalue weighted by Crippen LogP contribution is -2.02. The molecule has 0 bridgehead atoms. The van der Waals surface area contributed by atoms with Crippen LogP contribution in [0.5, 0.6) is 11.5 Å². The van der Waals surface area contributed by atoms with Gasteiger partial charge in [-0.25, -0.2) is 9.18 Å². The molecule has 25 heavy (non-hydrogen) atoms. The maximum Gasteiger partial charge on any atom is 0.331 e. The Morgan fingerprint density at radius 1 is 1.04 bits per heavy atom. The van der Waals surface area contributed by atoms with Crippen LogP contribution in [-0.4, -0.2) is 25.3 Å². The summed E-state index contributed by atoms with van der Waals surface area (Å²) >= 11 is 0. The first-order chi connectivity index (χ1) is 11.8. The van der Waals surface area contributed by atoms with Gasteiger partial charge in [-0.3, -0.25) is 0 Å². The highest BCUT2D eigenvalue weighted by molar-refractivity contribution is 5.96. The predicted molar refractivity (Wildman–Crippen MR) is 95.3 cm³/mol. The maximum absolute atomic E-state index is 14.3. The number of allylic oxidation sites excluding steroid dienone is 1. The minimum atomic E-state index is -1.02. The van der Waals surface area contributed by atoms with Crippen LogP contribution in [0, 0.1) is 5.82 Å². The number of ether oxygens (including phenoxy) is 2. The van der Waals surface area contributed by atoms with Crippen LogP contribution in [0.3, 0.4) is 0 Å². The van der Waals surface area contributed by atoms with E-state index in [9.17, 15) is 14.3 Å². The van der Waals surface area contributed by atoms with E-state index in [2.05, 4.69) is 0 Å². The Morgan fingerprint density at radius 2 is 1.68 bits per heavy atom. The number of halogens is 1. The molecular weight excluding hydrogens is 325 g/mol. The van der Waals surface area contributed by atoms with Crippen LogP contribution < -0.4 is 15.2 Å². The van der Waals surface area contributed by atoms with Crippen molar-refractivity contribution in [2.24, 2.45) is 0 Å². The largest absolute Gasteiger partial charge is 0.496 e. The molecule has 0 aliphatic rings. The fourth-order valence-electron chi connectivity index (χ4n) is 2.51. The lowest BCUT2D eigenvalue weighted by Gasteiger charge is -2.17. The van der Waals surface area contributed by atoms with E-state index < -0.39 is 11.8 Å². The molecule has 0 amide bonds. The number of carboxylic acids is 1. The van der Waals surface area contributed by atoms with Crippen LogP contribution in [0.25, 0.3) is 16.7 Å². The van der Waals surface area contributed by atoms with E-state index in [4.69, 9.17) is 15.2 Å². The average Bonchev–Trinajstić information content (AvgIpc) is 2.59. The highest BCUT2D eigenvalue weighted by Crippen LogP contribution is 2.40. The second-order valence-corrected chi connectivity index (χ2v) is 5.55. The summed E-state index contributed by atoms with van der Waals surface area (Å²) in [5.41, 5.74) is 8.01. The summed E-state index contributed by atoms with van der Waals surface area (Å²) in [5, 5.41) is 9.21. The van der Waals surface area contributed by atoms with E-state index >= 15 is 0 Å². The molecule has 0 fully saturated rings. The van der Waals surface area contributed by atoms with Crippen molar-refractivity contribution in [3.05, 3.63) is 47.3 Å². The first-order valence-corrected chi connectivity index (χ1v) is 7.52. The third-order valence-corrected chi connectivity index (χ3v) is 4.09. The van der Waals surface area contributed by atoms with Crippen molar-refractivity contribution in [3.8, 4) is 22.6 Å². The molecule has 2 aromatic rings. The van der Waals surface area contributed by atoms with E-state index in [-0.39, 0.29) is 5.57 Å². The minimum Gasteiger partial charge on any atom is -0.496 e. The average molecular weight is 345 g/mol. The third-order valence-electron chi connectivity index (χ3n) is 4.09.